The number of nitrogen functional groups attached to an aromatic ring is 1. The Morgan fingerprint density at radius 2 is 1.95 bits per heavy atom. The SMILES string of the molecule is COC(=O)c1ccc(N)c(Nc2ccccc2SC)c1. The summed E-state index contributed by atoms with van der Waals surface area (Å²) in [7, 11) is 1.36. The topological polar surface area (TPSA) is 64.3 Å². The number of carbonyl (C=O) groups is 1. The summed E-state index contributed by atoms with van der Waals surface area (Å²) in [6.07, 6.45) is 2.01. The quantitative estimate of drug-likeness (QED) is 0.512. The largest absolute Gasteiger partial charge is 0.465 e. The summed E-state index contributed by atoms with van der Waals surface area (Å²) >= 11 is 1.64. The van der Waals surface area contributed by atoms with E-state index in [-0.39, 0.29) is 5.97 Å². The van der Waals surface area contributed by atoms with Crippen LogP contribution in [0.15, 0.2) is 47.4 Å². The van der Waals surface area contributed by atoms with Crippen LogP contribution in [0.2, 0.25) is 0 Å². The molecular weight excluding hydrogens is 272 g/mol. The van der Waals surface area contributed by atoms with Crippen LogP contribution in [0.3, 0.4) is 0 Å². The third-order valence-electron chi connectivity index (χ3n) is 2.85. The van der Waals surface area contributed by atoms with Crippen molar-refractivity contribution in [2.24, 2.45) is 0 Å². The molecule has 0 aliphatic carbocycles. The summed E-state index contributed by atoms with van der Waals surface area (Å²) in [5.41, 5.74) is 8.63. The van der Waals surface area contributed by atoms with Gasteiger partial charge in [-0.2, -0.15) is 0 Å². The summed E-state index contributed by atoms with van der Waals surface area (Å²) in [5, 5.41) is 3.26. The Hall–Kier alpha value is -2.14. The monoisotopic (exact) mass is 288 g/mol. The van der Waals surface area contributed by atoms with E-state index in [0.29, 0.717) is 16.9 Å². The first-order chi connectivity index (χ1) is 9.65. The average Bonchev–Trinajstić information content (AvgIpc) is 2.49. The summed E-state index contributed by atoms with van der Waals surface area (Å²) < 4.78 is 4.71. The number of rotatable bonds is 4. The predicted molar refractivity (Wildman–Crippen MR) is 83.7 cm³/mol. The van der Waals surface area contributed by atoms with Gasteiger partial charge in [-0.05, 0) is 36.6 Å². The fraction of sp³-hybridized carbons (Fsp3) is 0.133. The van der Waals surface area contributed by atoms with Crippen molar-refractivity contribution in [3.63, 3.8) is 0 Å². The molecule has 0 unspecified atom stereocenters. The molecule has 2 rings (SSSR count). The van der Waals surface area contributed by atoms with Crippen molar-refractivity contribution in [3.05, 3.63) is 48.0 Å². The molecule has 4 nitrogen and oxygen atoms in total. The molecule has 2 aromatic rings. The highest BCUT2D eigenvalue weighted by atomic mass is 32.2. The molecule has 0 spiro atoms. The molecule has 2 aromatic carbocycles. The minimum Gasteiger partial charge on any atom is -0.465 e. The van der Waals surface area contributed by atoms with Crippen molar-refractivity contribution in [2.75, 3.05) is 24.4 Å². The molecule has 0 heterocycles. The lowest BCUT2D eigenvalue weighted by Crippen LogP contribution is -2.04. The number of nitrogens with one attached hydrogen (secondary N) is 1. The van der Waals surface area contributed by atoms with E-state index in [1.165, 1.54) is 7.11 Å². The Morgan fingerprint density at radius 3 is 2.65 bits per heavy atom. The standard InChI is InChI=1S/C15H16N2O2S/c1-19-15(18)10-7-8-11(16)13(9-10)17-12-5-3-4-6-14(12)20-2/h3-9,17H,16H2,1-2H3. The number of benzene rings is 2. The number of para-hydroxylation sites is 1. The van der Waals surface area contributed by atoms with Gasteiger partial charge in [0, 0.05) is 4.90 Å². The van der Waals surface area contributed by atoms with Crippen molar-refractivity contribution >= 4 is 34.8 Å². The number of hydrogen-bond acceptors (Lipinski definition) is 5. The third kappa shape index (κ3) is 3.05. The van der Waals surface area contributed by atoms with E-state index in [9.17, 15) is 4.79 Å². The number of ether oxygens (including phenoxy) is 1. The number of methoxy groups -OCH3 is 1. The summed E-state index contributed by atoms with van der Waals surface area (Å²) in [6.45, 7) is 0. The minimum absolute atomic E-state index is 0.383. The van der Waals surface area contributed by atoms with Gasteiger partial charge in [-0.25, -0.2) is 4.79 Å². The fourth-order valence-electron chi connectivity index (χ4n) is 1.80. The maximum Gasteiger partial charge on any atom is 0.337 e. The number of carbonyl (C=O) groups excluding carboxylic acids is 1. The maximum absolute atomic E-state index is 11.6. The van der Waals surface area contributed by atoms with Crippen molar-refractivity contribution in [1.82, 2.24) is 0 Å². The van der Waals surface area contributed by atoms with Crippen molar-refractivity contribution in [3.8, 4) is 0 Å². The highest BCUT2D eigenvalue weighted by Crippen LogP contribution is 2.30. The highest BCUT2D eigenvalue weighted by Gasteiger charge is 2.09. The first-order valence-corrected chi connectivity index (χ1v) is 7.26. The summed E-state index contributed by atoms with van der Waals surface area (Å²) in [4.78, 5) is 12.7. The van der Waals surface area contributed by atoms with Gasteiger partial charge in [0.05, 0.1) is 29.7 Å². The fourth-order valence-corrected chi connectivity index (χ4v) is 2.36. The molecule has 0 saturated carbocycles. The smallest absolute Gasteiger partial charge is 0.337 e. The second kappa shape index (κ2) is 6.34. The lowest BCUT2D eigenvalue weighted by molar-refractivity contribution is 0.0601. The molecule has 0 aliphatic heterocycles. The average molecular weight is 288 g/mol. The molecule has 20 heavy (non-hydrogen) atoms. The lowest BCUT2D eigenvalue weighted by atomic mass is 10.1. The van der Waals surface area contributed by atoms with Gasteiger partial charge in [0.2, 0.25) is 0 Å². The predicted octanol–water partition coefficient (Wildman–Crippen LogP) is 3.52. The Bertz CT molecular complexity index is 629. The molecule has 0 radical (unpaired) electrons. The van der Waals surface area contributed by atoms with Crippen molar-refractivity contribution < 1.29 is 9.53 Å². The van der Waals surface area contributed by atoms with Gasteiger partial charge >= 0.3 is 5.97 Å². The molecule has 0 saturated heterocycles. The van der Waals surface area contributed by atoms with Crippen LogP contribution < -0.4 is 11.1 Å². The van der Waals surface area contributed by atoms with Crippen LogP contribution in [0.4, 0.5) is 17.1 Å². The van der Waals surface area contributed by atoms with E-state index in [0.717, 1.165) is 10.6 Å². The van der Waals surface area contributed by atoms with Crippen LogP contribution in [0.25, 0.3) is 0 Å². The van der Waals surface area contributed by atoms with E-state index in [4.69, 9.17) is 10.5 Å². The lowest BCUT2D eigenvalue weighted by Gasteiger charge is -2.13. The number of hydrogen-bond donors (Lipinski definition) is 2. The number of thioether (sulfide) groups is 1. The van der Waals surface area contributed by atoms with Crippen LogP contribution >= 0.6 is 11.8 Å². The molecule has 0 aliphatic rings. The number of nitrogens with two attached hydrogens (primary N) is 1. The molecule has 0 bridgehead atoms. The molecule has 5 heteroatoms. The van der Waals surface area contributed by atoms with Gasteiger partial charge in [-0.15, -0.1) is 11.8 Å². The van der Waals surface area contributed by atoms with E-state index < -0.39 is 0 Å². The Kier molecular flexibility index (Phi) is 4.53. The van der Waals surface area contributed by atoms with Crippen LogP contribution in [-0.2, 0) is 4.74 Å². The maximum atomic E-state index is 11.6. The second-order valence-corrected chi connectivity index (χ2v) is 4.97. The molecule has 3 N–H and O–H groups in total. The zero-order valence-corrected chi connectivity index (χ0v) is 12.2. The van der Waals surface area contributed by atoms with Crippen LogP contribution in [0.1, 0.15) is 10.4 Å². The van der Waals surface area contributed by atoms with Crippen LogP contribution in [0.5, 0.6) is 0 Å². The normalized spacial score (nSPS) is 10.1. The van der Waals surface area contributed by atoms with E-state index in [1.807, 2.05) is 30.5 Å². The first kappa shape index (κ1) is 14.3. The Balaban J connectivity index is 2.35. The van der Waals surface area contributed by atoms with E-state index in [2.05, 4.69) is 5.32 Å². The number of anilines is 3. The van der Waals surface area contributed by atoms with Crippen LogP contribution in [-0.4, -0.2) is 19.3 Å². The van der Waals surface area contributed by atoms with E-state index >= 15 is 0 Å². The molecule has 0 amide bonds. The summed E-state index contributed by atoms with van der Waals surface area (Å²) in [5.74, 6) is -0.383. The zero-order chi connectivity index (χ0) is 14.5. The van der Waals surface area contributed by atoms with Gasteiger partial charge in [-0.1, -0.05) is 12.1 Å². The van der Waals surface area contributed by atoms with E-state index in [1.54, 1.807) is 30.0 Å². The molecule has 0 aromatic heterocycles. The number of esters is 1. The highest BCUT2D eigenvalue weighted by molar-refractivity contribution is 7.98. The molecule has 0 atom stereocenters. The second-order valence-electron chi connectivity index (χ2n) is 4.12. The molecule has 0 fully saturated rings. The van der Waals surface area contributed by atoms with Gasteiger partial charge in [0.15, 0.2) is 0 Å². The van der Waals surface area contributed by atoms with Gasteiger partial charge < -0.3 is 15.8 Å². The molecule has 104 valence electrons. The van der Waals surface area contributed by atoms with Gasteiger partial charge in [0.1, 0.15) is 0 Å². The minimum atomic E-state index is -0.383. The van der Waals surface area contributed by atoms with Crippen molar-refractivity contribution in [2.45, 2.75) is 4.90 Å². The third-order valence-corrected chi connectivity index (χ3v) is 3.65. The van der Waals surface area contributed by atoms with Crippen molar-refractivity contribution in [1.29, 1.82) is 0 Å². The zero-order valence-electron chi connectivity index (χ0n) is 11.3. The van der Waals surface area contributed by atoms with Crippen LogP contribution in [0, 0.1) is 0 Å². The first-order valence-electron chi connectivity index (χ1n) is 6.03. The summed E-state index contributed by atoms with van der Waals surface area (Å²) in [6, 6.07) is 12.9. The Labute approximate surface area is 122 Å². The Morgan fingerprint density at radius 1 is 1.20 bits per heavy atom. The van der Waals surface area contributed by atoms with Gasteiger partial charge in [-0.3, -0.25) is 0 Å². The van der Waals surface area contributed by atoms with Gasteiger partial charge in [0.25, 0.3) is 0 Å². The molecular formula is C15H16N2O2S.